The van der Waals surface area contributed by atoms with Gasteiger partial charge in [0.1, 0.15) is 24.4 Å². The van der Waals surface area contributed by atoms with E-state index in [0.717, 1.165) is 44.9 Å². The highest BCUT2D eigenvalue weighted by Crippen LogP contribution is 2.22. The number of aliphatic hydroxyl groups excluding tert-OH is 5. The number of allylic oxidation sites excluding steroid dienone is 10. The normalized spacial score (nSPS) is 21.2. The molecular weight excluding hydrogens is 755 g/mol. The Bertz CT molecular complexity index is 1160. The van der Waals surface area contributed by atoms with Gasteiger partial charge in [0, 0.05) is 6.42 Å². The summed E-state index contributed by atoms with van der Waals surface area (Å²) in [6.45, 7) is 3.60. The van der Waals surface area contributed by atoms with Crippen molar-refractivity contribution in [1.29, 1.82) is 0 Å². The Labute approximate surface area is 366 Å². The van der Waals surface area contributed by atoms with E-state index < -0.39 is 49.5 Å². The molecule has 7 unspecified atom stereocenters. The quantitative estimate of drug-likeness (QED) is 0.0265. The van der Waals surface area contributed by atoms with Crippen LogP contribution in [-0.2, 0) is 14.3 Å². The van der Waals surface area contributed by atoms with Gasteiger partial charge in [-0.05, 0) is 44.9 Å². The molecule has 1 heterocycles. The lowest BCUT2D eigenvalue weighted by Crippen LogP contribution is -2.60. The fourth-order valence-electron chi connectivity index (χ4n) is 7.22. The molecule has 1 fully saturated rings. The second kappa shape index (κ2) is 40.7. The highest BCUT2D eigenvalue weighted by molar-refractivity contribution is 5.77. The Morgan fingerprint density at radius 2 is 1.02 bits per heavy atom. The van der Waals surface area contributed by atoms with Crippen LogP contribution in [-0.4, -0.2) is 87.5 Å². The first-order chi connectivity index (χ1) is 29.3. The summed E-state index contributed by atoms with van der Waals surface area (Å²) in [5.41, 5.74) is 0. The lowest BCUT2D eigenvalue weighted by atomic mass is 9.99. The van der Waals surface area contributed by atoms with Gasteiger partial charge in [-0.15, -0.1) is 0 Å². The second-order valence-corrected chi connectivity index (χ2v) is 16.5. The van der Waals surface area contributed by atoms with E-state index in [0.29, 0.717) is 6.42 Å². The molecule has 9 nitrogen and oxygen atoms in total. The molecular formula is C51H89NO8. The van der Waals surface area contributed by atoms with Crippen molar-refractivity contribution in [3.8, 4) is 0 Å². The number of rotatable bonds is 39. The minimum absolute atomic E-state index is 0.111. The van der Waals surface area contributed by atoms with Crippen molar-refractivity contribution in [2.75, 3.05) is 13.2 Å². The zero-order chi connectivity index (χ0) is 43.7. The van der Waals surface area contributed by atoms with Crippen LogP contribution >= 0.6 is 0 Å². The van der Waals surface area contributed by atoms with Crippen LogP contribution in [0.1, 0.15) is 187 Å². The van der Waals surface area contributed by atoms with Crippen molar-refractivity contribution in [1.82, 2.24) is 5.32 Å². The molecule has 9 heteroatoms. The van der Waals surface area contributed by atoms with Gasteiger partial charge in [-0.2, -0.15) is 0 Å². The number of carbonyl (C=O) groups excluding carboxylic acids is 1. The van der Waals surface area contributed by atoms with Crippen molar-refractivity contribution in [3.63, 3.8) is 0 Å². The summed E-state index contributed by atoms with van der Waals surface area (Å²) in [6, 6.07) is -0.862. The van der Waals surface area contributed by atoms with Gasteiger partial charge >= 0.3 is 0 Å². The summed E-state index contributed by atoms with van der Waals surface area (Å²) < 4.78 is 11.2. The van der Waals surface area contributed by atoms with Crippen LogP contribution in [0.3, 0.4) is 0 Å². The molecule has 0 aromatic heterocycles. The maximum atomic E-state index is 12.9. The van der Waals surface area contributed by atoms with Crippen LogP contribution in [0.5, 0.6) is 0 Å². The Morgan fingerprint density at radius 3 is 1.47 bits per heavy atom. The molecule has 1 saturated heterocycles. The monoisotopic (exact) mass is 844 g/mol. The van der Waals surface area contributed by atoms with Gasteiger partial charge in [0.2, 0.25) is 5.91 Å². The molecule has 7 atom stereocenters. The fourth-order valence-corrected chi connectivity index (χ4v) is 7.22. The molecule has 1 amide bonds. The molecule has 6 N–H and O–H groups in total. The van der Waals surface area contributed by atoms with Crippen molar-refractivity contribution in [2.45, 2.75) is 230 Å². The van der Waals surface area contributed by atoms with Crippen molar-refractivity contribution < 1.29 is 39.8 Å². The maximum absolute atomic E-state index is 12.9. The lowest BCUT2D eigenvalue weighted by Gasteiger charge is -2.40. The smallest absolute Gasteiger partial charge is 0.224 e. The molecule has 1 aliphatic rings. The molecule has 1 aliphatic heterocycles. The van der Waals surface area contributed by atoms with Gasteiger partial charge in [0.05, 0.1) is 25.4 Å². The number of unbranched alkanes of at least 4 members (excludes halogenated alkanes) is 20. The molecule has 0 aromatic rings. The Kier molecular flexibility index (Phi) is 37.7. The number of hydrogen-bond acceptors (Lipinski definition) is 8. The predicted octanol–water partition coefficient (Wildman–Crippen LogP) is 10.6. The van der Waals surface area contributed by atoms with Crippen LogP contribution < -0.4 is 5.32 Å². The molecule has 0 radical (unpaired) electrons. The molecule has 346 valence electrons. The summed E-state index contributed by atoms with van der Waals surface area (Å²) in [5, 5.41) is 54.1. The molecule has 0 aromatic carbocycles. The Balaban J connectivity index is 2.37. The summed E-state index contributed by atoms with van der Waals surface area (Å²) >= 11 is 0. The van der Waals surface area contributed by atoms with E-state index in [4.69, 9.17) is 9.47 Å². The largest absolute Gasteiger partial charge is 0.394 e. The zero-order valence-corrected chi connectivity index (χ0v) is 37.9. The number of nitrogens with one attached hydrogen (secondary N) is 1. The standard InChI is InChI=1S/C51H89NO8/c1-3-5-7-9-11-13-15-17-19-20-21-22-23-24-25-27-28-30-32-34-36-38-40-45(54)44(43-59-51-50(58)49(57)48(56)46(42-53)60-51)52-47(55)41-39-37-35-33-31-29-26-18-16-14-12-10-8-6-4-2/h6,8,12,14,18,26,31,33,37-40,44-46,48-51,53-54,56-58H,3-5,7,9-11,13,15-17,19-25,27-30,32,34-36,41-43H2,1-2H3,(H,52,55)/b8-6-,14-12-,26-18-,33-31-,39-37-,40-38+. The van der Waals surface area contributed by atoms with Crippen LogP contribution in [0.25, 0.3) is 0 Å². The van der Waals surface area contributed by atoms with E-state index in [9.17, 15) is 30.3 Å². The molecule has 0 spiro atoms. The van der Waals surface area contributed by atoms with E-state index in [2.05, 4.69) is 67.8 Å². The average molecular weight is 844 g/mol. The maximum Gasteiger partial charge on any atom is 0.224 e. The minimum Gasteiger partial charge on any atom is -0.394 e. The third-order valence-corrected chi connectivity index (χ3v) is 11.1. The highest BCUT2D eigenvalue weighted by atomic mass is 16.7. The van der Waals surface area contributed by atoms with E-state index in [1.165, 1.54) is 116 Å². The Morgan fingerprint density at radius 1 is 0.583 bits per heavy atom. The lowest BCUT2D eigenvalue weighted by molar-refractivity contribution is -0.302. The molecule has 60 heavy (non-hydrogen) atoms. The van der Waals surface area contributed by atoms with Gasteiger partial charge in [-0.3, -0.25) is 4.79 Å². The SMILES string of the molecule is CC/C=C\C/C=C\C/C=C\C/C=C\C/C=C\CC(=O)NC(COC1OC(CO)C(O)C(O)C1O)C(O)/C=C/CCCCCCCCCCCCCCCCCCCCCC. The predicted molar refractivity (Wildman–Crippen MR) is 249 cm³/mol. The first kappa shape index (κ1) is 55.6. The number of hydrogen-bond donors (Lipinski definition) is 6. The summed E-state index contributed by atoms with van der Waals surface area (Å²) in [5.74, 6) is -0.305. The number of carbonyl (C=O) groups is 1. The summed E-state index contributed by atoms with van der Waals surface area (Å²) in [4.78, 5) is 12.9. The van der Waals surface area contributed by atoms with E-state index >= 15 is 0 Å². The van der Waals surface area contributed by atoms with Gasteiger partial charge in [-0.1, -0.05) is 209 Å². The van der Waals surface area contributed by atoms with Gasteiger partial charge < -0.3 is 40.3 Å². The van der Waals surface area contributed by atoms with Crippen molar-refractivity contribution >= 4 is 5.91 Å². The summed E-state index contributed by atoms with van der Waals surface area (Å²) in [6.07, 6.45) is 48.4. The van der Waals surface area contributed by atoms with Crippen LogP contribution in [0.15, 0.2) is 72.9 Å². The topological polar surface area (TPSA) is 149 Å². The second-order valence-electron chi connectivity index (χ2n) is 16.5. The first-order valence-corrected chi connectivity index (χ1v) is 24.2. The van der Waals surface area contributed by atoms with Crippen LogP contribution in [0, 0.1) is 0 Å². The van der Waals surface area contributed by atoms with Crippen LogP contribution in [0.4, 0.5) is 0 Å². The van der Waals surface area contributed by atoms with Gasteiger partial charge in [0.15, 0.2) is 6.29 Å². The average Bonchev–Trinajstić information content (AvgIpc) is 3.25. The fraction of sp³-hybridized carbons (Fsp3) is 0.745. The summed E-state index contributed by atoms with van der Waals surface area (Å²) in [7, 11) is 0. The van der Waals surface area contributed by atoms with E-state index in [1.54, 1.807) is 12.2 Å². The van der Waals surface area contributed by atoms with Gasteiger partial charge in [0.25, 0.3) is 0 Å². The third kappa shape index (κ3) is 30.6. The van der Waals surface area contributed by atoms with Crippen LogP contribution in [0.2, 0.25) is 0 Å². The molecule has 1 rings (SSSR count). The molecule has 0 aliphatic carbocycles. The Hall–Kier alpha value is -2.37. The number of ether oxygens (including phenoxy) is 2. The third-order valence-electron chi connectivity index (χ3n) is 11.1. The number of amides is 1. The molecule has 0 saturated carbocycles. The molecule has 0 bridgehead atoms. The highest BCUT2D eigenvalue weighted by Gasteiger charge is 2.44. The first-order valence-electron chi connectivity index (χ1n) is 24.2. The number of aliphatic hydroxyl groups is 5. The van der Waals surface area contributed by atoms with Crippen molar-refractivity contribution in [2.24, 2.45) is 0 Å². The van der Waals surface area contributed by atoms with E-state index in [-0.39, 0.29) is 18.9 Å². The van der Waals surface area contributed by atoms with E-state index in [1.807, 2.05) is 12.2 Å². The minimum atomic E-state index is -1.59. The van der Waals surface area contributed by atoms with Crippen molar-refractivity contribution in [3.05, 3.63) is 72.9 Å². The van der Waals surface area contributed by atoms with Gasteiger partial charge in [-0.25, -0.2) is 0 Å². The zero-order valence-electron chi connectivity index (χ0n) is 37.9.